The third kappa shape index (κ3) is 6.78. The molecule has 0 aliphatic rings. The van der Waals surface area contributed by atoms with E-state index in [1.165, 1.54) is 12.1 Å². The SMILES string of the molecule is CCC(=O)Nc1cc(N=Nc2c(C#N)cnn2-c2cc(Cl)c(S(=O)(=O)O)cc2Cl)cc(Cl)c1OS(C)(=O)=O. The van der Waals surface area contributed by atoms with E-state index in [-0.39, 0.29) is 55.7 Å². The number of nitriles is 1. The molecule has 1 heterocycles. The van der Waals surface area contributed by atoms with Crippen molar-refractivity contribution in [1.29, 1.82) is 5.26 Å². The molecular formula is C20H15Cl3N6O7S2. The third-order valence-electron chi connectivity index (χ3n) is 4.49. The van der Waals surface area contributed by atoms with Crippen LogP contribution in [0.2, 0.25) is 15.1 Å². The highest BCUT2D eigenvalue weighted by molar-refractivity contribution is 7.86. The molecule has 0 atom stereocenters. The lowest BCUT2D eigenvalue weighted by atomic mass is 10.2. The van der Waals surface area contributed by atoms with Gasteiger partial charge in [-0.2, -0.15) is 27.2 Å². The first-order chi connectivity index (χ1) is 17.6. The molecule has 3 rings (SSSR count). The van der Waals surface area contributed by atoms with Crippen LogP contribution in [0.3, 0.4) is 0 Å². The van der Waals surface area contributed by atoms with Gasteiger partial charge in [-0.3, -0.25) is 9.35 Å². The van der Waals surface area contributed by atoms with Crippen LogP contribution in [0, 0.1) is 11.3 Å². The Labute approximate surface area is 231 Å². The topological polar surface area (TPSA) is 193 Å². The van der Waals surface area contributed by atoms with Gasteiger partial charge in [0.05, 0.1) is 44.6 Å². The van der Waals surface area contributed by atoms with E-state index in [9.17, 15) is 31.4 Å². The number of azo groups is 1. The van der Waals surface area contributed by atoms with Crippen molar-refractivity contribution in [2.24, 2.45) is 10.2 Å². The minimum Gasteiger partial charge on any atom is -0.379 e. The van der Waals surface area contributed by atoms with Crippen LogP contribution in [0.4, 0.5) is 17.2 Å². The number of carbonyl (C=O) groups is 1. The molecule has 0 fully saturated rings. The van der Waals surface area contributed by atoms with Gasteiger partial charge in [-0.15, -0.1) is 10.2 Å². The number of amides is 1. The van der Waals surface area contributed by atoms with Gasteiger partial charge in [-0.1, -0.05) is 41.7 Å². The summed E-state index contributed by atoms with van der Waals surface area (Å²) in [4.78, 5) is 11.3. The minimum atomic E-state index is -4.68. The van der Waals surface area contributed by atoms with Gasteiger partial charge in [0.1, 0.15) is 16.5 Å². The average molecular weight is 622 g/mol. The van der Waals surface area contributed by atoms with Gasteiger partial charge in [-0.25, -0.2) is 4.68 Å². The maximum absolute atomic E-state index is 12.0. The van der Waals surface area contributed by atoms with E-state index in [0.29, 0.717) is 0 Å². The Bertz CT molecular complexity index is 1730. The van der Waals surface area contributed by atoms with Crippen LogP contribution < -0.4 is 9.50 Å². The van der Waals surface area contributed by atoms with Gasteiger partial charge in [0, 0.05) is 6.42 Å². The molecule has 1 amide bonds. The first-order valence-electron chi connectivity index (χ1n) is 10.0. The van der Waals surface area contributed by atoms with E-state index in [2.05, 4.69) is 20.6 Å². The van der Waals surface area contributed by atoms with Crippen molar-refractivity contribution in [2.45, 2.75) is 18.2 Å². The van der Waals surface area contributed by atoms with Gasteiger partial charge in [-0.05, 0) is 24.3 Å². The molecule has 0 aliphatic heterocycles. The monoisotopic (exact) mass is 620 g/mol. The number of carbonyl (C=O) groups excluding carboxylic acids is 1. The van der Waals surface area contributed by atoms with Crippen LogP contribution in [0.25, 0.3) is 5.69 Å². The Balaban J connectivity index is 2.13. The minimum absolute atomic E-state index is 0.00495. The first-order valence-corrected chi connectivity index (χ1v) is 14.4. The number of hydrogen-bond acceptors (Lipinski definition) is 10. The van der Waals surface area contributed by atoms with E-state index < -0.39 is 31.0 Å². The number of rotatable bonds is 8. The smallest absolute Gasteiger partial charge is 0.306 e. The molecule has 2 aromatic carbocycles. The standard InChI is InChI=1S/C20H15Cl3N6O7S2/c1-3-18(30)26-15-5-11(4-14(23)19(15)36-37(2,31)32)27-28-20-10(8-24)9-25-29(20)16-6-13(22)17(7-12(16)21)38(33,34)35/h4-7,9H,3H2,1-2H3,(H,26,30)(H,33,34,35). The van der Waals surface area contributed by atoms with E-state index in [1.54, 1.807) is 6.92 Å². The van der Waals surface area contributed by atoms with Crippen LogP contribution in [-0.2, 0) is 25.0 Å². The molecule has 0 unspecified atom stereocenters. The lowest BCUT2D eigenvalue weighted by molar-refractivity contribution is -0.115. The largest absolute Gasteiger partial charge is 0.379 e. The van der Waals surface area contributed by atoms with Crippen molar-refractivity contribution < 1.29 is 30.4 Å². The molecule has 0 spiro atoms. The van der Waals surface area contributed by atoms with Crippen LogP contribution in [-0.4, -0.2) is 43.3 Å². The first kappa shape index (κ1) is 29.3. The zero-order valence-corrected chi connectivity index (χ0v) is 23.1. The second kappa shape index (κ2) is 11.2. The van der Waals surface area contributed by atoms with Crippen LogP contribution in [0.1, 0.15) is 18.9 Å². The second-order valence-corrected chi connectivity index (χ2v) is 11.5. The molecule has 38 heavy (non-hydrogen) atoms. The second-order valence-electron chi connectivity index (χ2n) is 7.31. The van der Waals surface area contributed by atoms with Crippen molar-refractivity contribution in [3.05, 3.63) is 51.1 Å². The molecule has 18 heteroatoms. The number of benzene rings is 2. The molecule has 2 N–H and O–H groups in total. The number of hydrogen-bond donors (Lipinski definition) is 2. The average Bonchev–Trinajstić information content (AvgIpc) is 3.22. The summed E-state index contributed by atoms with van der Waals surface area (Å²) in [6.45, 7) is 1.57. The zero-order chi connectivity index (χ0) is 28.4. The van der Waals surface area contributed by atoms with Crippen molar-refractivity contribution in [1.82, 2.24) is 9.78 Å². The summed E-state index contributed by atoms with van der Waals surface area (Å²) in [5.74, 6) is -0.965. The summed E-state index contributed by atoms with van der Waals surface area (Å²) in [5.41, 5.74) is -0.147. The fourth-order valence-electron chi connectivity index (χ4n) is 2.88. The van der Waals surface area contributed by atoms with Crippen LogP contribution in [0.5, 0.6) is 5.75 Å². The molecule has 13 nitrogen and oxygen atoms in total. The molecule has 0 saturated heterocycles. The Morgan fingerprint density at radius 2 is 1.82 bits per heavy atom. The summed E-state index contributed by atoms with van der Waals surface area (Å²) in [6, 6.07) is 6.29. The fraction of sp³-hybridized carbons (Fsp3) is 0.150. The number of halogens is 3. The number of nitrogens with zero attached hydrogens (tertiary/aromatic N) is 5. The maximum Gasteiger partial charge on any atom is 0.306 e. The van der Waals surface area contributed by atoms with Crippen molar-refractivity contribution in [3.8, 4) is 17.5 Å². The number of anilines is 1. The summed E-state index contributed by atoms with van der Waals surface area (Å²) >= 11 is 18.4. The van der Waals surface area contributed by atoms with E-state index in [0.717, 1.165) is 29.3 Å². The molecule has 1 aromatic heterocycles. The van der Waals surface area contributed by atoms with Gasteiger partial charge < -0.3 is 9.50 Å². The molecule has 200 valence electrons. The molecule has 0 bridgehead atoms. The Hall–Kier alpha value is -3.26. The number of nitrogens with one attached hydrogen (secondary N) is 1. The van der Waals surface area contributed by atoms with E-state index in [4.69, 9.17) is 39.0 Å². The van der Waals surface area contributed by atoms with E-state index >= 15 is 0 Å². The lowest BCUT2D eigenvalue weighted by Crippen LogP contribution is -2.13. The summed E-state index contributed by atoms with van der Waals surface area (Å²) < 4.78 is 61.6. The van der Waals surface area contributed by atoms with Crippen molar-refractivity contribution in [2.75, 3.05) is 11.6 Å². The fourth-order valence-corrected chi connectivity index (χ4v) is 4.99. The quantitative estimate of drug-likeness (QED) is 0.196. The predicted molar refractivity (Wildman–Crippen MR) is 138 cm³/mol. The molecular weight excluding hydrogens is 607 g/mol. The lowest BCUT2D eigenvalue weighted by Gasteiger charge is -2.13. The Morgan fingerprint density at radius 1 is 1.13 bits per heavy atom. The number of aromatic nitrogens is 2. The van der Waals surface area contributed by atoms with Gasteiger partial charge in [0.2, 0.25) is 5.91 Å². The van der Waals surface area contributed by atoms with E-state index in [1.807, 2.05) is 6.07 Å². The highest BCUT2D eigenvalue weighted by Gasteiger charge is 2.22. The summed E-state index contributed by atoms with van der Waals surface area (Å²) in [6.07, 6.45) is 2.00. The van der Waals surface area contributed by atoms with Crippen LogP contribution >= 0.6 is 34.8 Å². The van der Waals surface area contributed by atoms with Crippen molar-refractivity contribution >= 4 is 78.1 Å². The Morgan fingerprint density at radius 3 is 2.39 bits per heavy atom. The normalized spacial score (nSPS) is 11.9. The third-order valence-corrected chi connectivity index (χ3v) is 6.86. The molecule has 3 aromatic rings. The van der Waals surface area contributed by atoms with Gasteiger partial charge in [0.25, 0.3) is 10.1 Å². The zero-order valence-electron chi connectivity index (χ0n) is 19.2. The Kier molecular flexibility index (Phi) is 8.66. The van der Waals surface area contributed by atoms with Gasteiger partial charge >= 0.3 is 10.1 Å². The predicted octanol–water partition coefficient (Wildman–Crippen LogP) is 5.05. The van der Waals surface area contributed by atoms with Crippen molar-refractivity contribution in [3.63, 3.8) is 0 Å². The maximum atomic E-state index is 12.0. The molecule has 0 saturated carbocycles. The molecule has 0 aliphatic carbocycles. The molecule has 0 radical (unpaired) electrons. The highest BCUT2D eigenvalue weighted by atomic mass is 35.5. The highest BCUT2D eigenvalue weighted by Crippen LogP contribution is 2.39. The van der Waals surface area contributed by atoms with Crippen LogP contribution in [0.15, 0.2) is 45.6 Å². The summed E-state index contributed by atoms with van der Waals surface area (Å²) in [7, 11) is -8.68. The summed E-state index contributed by atoms with van der Waals surface area (Å²) in [5, 5.41) is 23.2. The van der Waals surface area contributed by atoms with Gasteiger partial charge in [0.15, 0.2) is 11.6 Å².